The molecule has 0 fully saturated rings. The van der Waals surface area contributed by atoms with E-state index in [2.05, 4.69) is 24.7 Å². The van der Waals surface area contributed by atoms with Crippen molar-refractivity contribution < 1.29 is 22.6 Å². The van der Waals surface area contributed by atoms with Crippen LogP contribution < -0.4 is 24.5 Å². The Morgan fingerprint density at radius 2 is 1.59 bits per heavy atom. The molecule has 0 saturated heterocycles. The Morgan fingerprint density at radius 1 is 0.897 bits per heavy atom. The molecule has 5 aromatic rings. The molecule has 0 bridgehead atoms. The Kier molecular flexibility index (Phi) is 6.90. The van der Waals surface area contributed by atoms with Crippen molar-refractivity contribution in [2.75, 3.05) is 25.2 Å². The van der Waals surface area contributed by atoms with Crippen LogP contribution in [-0.4, -0.2) is 53.4 Å². The molecule has 0 aliphatic carbocycles. The third kappa shape index (κ3) is 5.38. The number of sulfonamides is 1. The lowest BCUT2D eigenvalue weighted by molar-refractivity contribution is 0.295. The summed E-state index contributed by atoms with van der Waals surface area (Å²) in [7, 11) is -0.766. The second-order valence-corrected chi connectivity index (χ2v) is 10.1. The Balaban J connectivity index is 1.80. The normalized spacial score (nSPS) is 11.4. The van der Waals surface area contributed by atoms with Gasteiger partial charge in [0, 0.05) is 6.07 Å². The zero-order valence-electron chi connectivity index (χ0n) is 21.2. The van der Waals surface area contributed by atoms with E-state index >= 15 is 0 Å². The molecule has 200 valence electrons. The van der Waals surface area contributed by atoms with Crippen LogP contribution in [0.4, 0.5) is 5.82 Å². The topological polar surface area (TPSA) is 150 Å². The minimum Gasteiger partial charge on any atom is -0.494 e. The molecule has 3 heterocycles. The van der Waals surface area contributed by atoms with Gasteiger partial charge >= 0.3 is 0 Å². The molecule has 39 heavy (non-hydrogen) atoms. The minimum atomic E-state index is -3.76. The Labute approximate surface area is 223 Å². The fourth-order valence-corrected chi connectivity index (χ4v) is 4.45. The number of rotatable bonds is 9. The predicted molar refractivity (Wildman–Crippen MR) is 145 cm³/mol. The predicted octanol–water partition coefficient (Wildman–Crippen LogP) is 3.14. The highest BCUT2D eigenvalue weighted by molar-refractivity contribution is 7.92. The highest BCUT2D eigenvalue weighted by Gasteiger charge is 2.26. The Bertz CT molecular complexity index is 1800. The van der Waals surface area contributed by atoms with E-state index < -0.39 is 10.0 Å². The van der Waals surface area contributed by atoms with Crippen molar-refractivity contribution in [2.45, 2.75) is 6.61 Å². The summed E-state index contributed by atoms with van der Waals surface area (Å²) in [5.41, 5.74) is 1.57. The Morgan fingerprint density at radius 3 is 2.23 bits per heavy atom. The van der Waals surface area contributed by atoms with Crippen LogP contribution in [-0.2, 0) is 16.6 Å². The van der Waals surface area contributed by atoms with Crippen LogP contribution >= 0.6 is 0 Å². The number of imidazole rings is 1. The number of hydrogen-bond acceptors (Lipinski definition) is 9. The van der Waals surface area contributed by atoms with Gasteiger partial charge < -0.3 is 19.2 Å². The molecule has 0 atom stereocenters. The fraction of sp³-hybridized carbons (Fsp3) is 0.154. The van der Waals surface area contributed by atoms with Crippen LogP contribution in [0.5, 0.6) is 17.4 Å². The molecule has 13 heteroatoms. The summed E-state index contributed by atoms with van der Waals surface area (Å²) in [5, 5.41) is 0. The Hall–Kier alpha value is -4.91. The molecule has 2 N–H and O–H groups in total. The summed E-state index contributed by atoms with van der Waals surface area (Å²) in [6.45, 7) is 0.110. The van der Waals surface area contributed by atoms with Crippen LogP contribution in [0, 0.1) is 0 Å². The van der Waals surface area contributed by atoms with Gasteiger partial charge in [-0.3, -0.25) is 14.1 Å². The van der Waals surface area contributed by atoms with Crippen molar-refractivity contribution in [2.24, 2.45) is 0 Å². The summed E-state index contributed by atoms with van der Waals surface area (Å²) in [6, 6.07) is 19.2. The number of aromatic amines is 1. The highest BCUT2D eigenvalue weighted by atomic mass is 32.2. The van der Waals surface area contributed by atoms with E-state index in [4.69, 9.17) is 14.2 Å². The number of ether oxygens (including phenoxy) is 3. The van der Waals surface area contributed by atoms with E-state index in [9.17, 15) is 13.2 Å². The average molecular weight is 549 g/mol. The van der Waals surface area contributed by atoms with E-state index in [1.165, 1.54) is 20.3 Å². The largest absolute Gasteiger partial charge is 0.494 e. The zero-order chi connectivity index (χ0) is 27.6. The second kappa shape index (κ2) is 10.5. The van der Waals surface area contributed by atoms with Gasteiger partial charge in [0.15, 0.2) is 11.5 Å². The third-order valence-corrected chi connectivity index (χ3v) is 6.16. The standard InChI is InChI=1S/C26H24N6O6S/c1-36-18-12-8-13-19(37-2)21(18)32-24(17-11-7-14-20(33)27-17)28-22-25(32)29-23(31-39(3,34)35)26(30-22)38-15-16-9-5-4-6-10-16/h4-14H,15H2,1-3H3,(H,27,33)(H,29,31). The maximum absolute atomic E-state index is 12.2. The maximum Gasteiger partial charge on any atom is 0.261 e. The first-order valence-corrected chi connectivity index (χ1v) is 13.5. The van der Waals surface area contributed by atoms with Gasteiger partial charge in [0.1, 0.15) is 23.8 Å². The van der Waals surface area contributed by atoms with Gasteiger partial charge in [-0.1, -0.05) is 42.5 Å². The number of hydrogen-bond donors (Lipinski definition) is 2. The van der Waals surface area contributed by atoms with Crippen molar-refractivity contribution in [3.63, 3.8) is 0 Å². The zero-order valence-corrected chi connectivity index (χ0v) is 22.0. The van der Waals surface area contributed by atoms with Crippen LogP contribution in [0.25, 0.3) is 28.5 Å². The molecule has 2 aromatic carbocycles. The number of methoxy groups -OCH3 is 2. The maximum atomic E-state index is 12.2. The molecular formula is C26H24N6O6S. The van der Waals surface area contributed by atoms with Gasteiger partial charge in [-0.2, -0.15) is 4.98 Å². The molecule has 0 amide bonds. The minimum absolute atomic E-state index is 0.0680. The highest BCUT2D eigenvalue weighted by Crippen LogP contribution is 2.38. The summed E-state index contributed by atoms with van der Waals surface area (Å²) in [6.07, 6.45) is 1.00. The summed E-state index contributed by atoms with van der Waals surface area (Å²) in [4.78, 5) is 28.7. The van der Waals surface area contributed by atoms with E-state index in [0.717, 1.165) is 11.8 Å². The SMILES string of the molecule is COc1cccc(OC)c1-n1c(-c2cccc(=O)[nH]2)nc2nc(OCc3ccccc3)c(NS(C)(=O)=O)nc21. The number of nitrogens with zero attached hydrogens (tertiary/aromatic N) is 4. The summed E-state index contributed by atoms with van der Waals surface area (Å²) in [5.74, 6) is 0.885. The molecule has 0 saturated carbocycles. The fourth-order valence-electron chi connectivity index (χ4n) is 3.97. The molecule has 12 nitrogen and oxygen atoms in total. The number of benzene rings is 2. The van der Waals surface area contributed by atoms with Crippen LogP contribution in [0.2, 0.25) is 0 Å². The van der Waals surface area contributed by atoms with Gasteiger partial charge in [0.05, 0.1) is 26.2 Å². The second-order valence-electron chi connectivity index (χ2n) is 8.38. The van der Waals surface area contributed by atoms with Crippen LogP contribution in [0.1, 0.15) is 5.56 Å². The number of anilines is 1. The molecule has 5 rings (SSSR count). The lowest BCUT2D eigenvalue weighted by Crippen LogP contribution is -2.14. The molecular weight excluding hydrogens is 524 g/mol. The number of pyridine rings is 1. The van der Waals surface area contributed by atoms with Crippen molar-refractivity contribution >= 4 is 27.1 Å². The third-order valence-electron chi connectivity index (χ3n) is 5.60. The monoisotopic (exact) mass is 548 g/mol. The number of nitrogens with one attached hydrogen (secondary N) is 2. The molecule has 3 aromatic heterocycles. The molecule has 0 spiro atoms. The van der Waals surface area contributed by atoms with Gasteiger partial charge in [-0.05, 0) is 23.8 Å². The number of aromatic nitrogens is 5. The van der Waals surface area contributed by atoms with E-state index in [1.807, 2.05) is 30.3 Å². The van der Waals surface area contributed by atoms with Crippen molar-refractivity contribution in [3.8, 4) is 34.6 Å². The quantitative estimate of drug-likeness (QED) is 0.283. The average Bonchev–Trinajstić information content (AvgIpc) is 3.28. The van der Waals surface area contributed by atoms with Gasteiger partial charge in [-0.15, -0.1) is 0 Å². The van der Waals surface area contributed by atoms with E-state index in [-0.39, 0.29) is 41.0 Å². The first-order chi connectivity index (χ1) is 18.8. The first kappa shape index (κ1) is 25.7. The first-order valence-electron chi connectivity index (χ1n) is 11.6. The van der Waals surface area contributed by atoms with Gasteiger partial charge in [0.2, 0.25) is 27.0 Å². The number of para-hydroxylation sites is 1. The lowest BCUT2D eigenvalue weighted by Gasteiger charge is -2.16. The summed E-state index contributed by atoms with van der Waals surface area (Å²) >= 11 is 0. The number of fused-ring (bicyclic) bond motifs is 1. The van der Waals surface area contributed by atoms with E-state index in [0.29, 0.717) is 22.9 Å². The molecule has 0 aliphatic heterocycles. The van der Waals surface area contributed by atoms with Crippen molar-refractivity contribution in [1.82, 2.24) is 24.5 Å². The van der Waals surface area contributed by atoms with Crippen LogP contribution in [0.15, 0.2) is 71.5 Å². The summed E-state index contributed by atoms with van der Waals surface area (Å²) < 4.78 is 45.6. The van der Waals surface area contributed by atoms with Gasteiger partial charge in [-0.25, -0.2) is 18.4 Å². The smallest absolute Gasteiger partial charge is 0.261 e. The van der Waals surface area contributed by atoms with E-state index in [1.54, 1.807) is 34.9 Å². The van der Waals surface area contributed by atoms with Gasteiger partial charge in [0.25, 0.3) is 5.88 Å². The van der Waals surface area contributed by atoms with Crippen LogP contribution in [0.3, 0.4) is 0 Å². The molecule has 0 unspecified atom stereocenters. The lowest BCUT2D eigenvalue weighted by atomic mass is 10.2. The molecule has 0 radical (unpaired) electrons. The number of H-pyrrole nitrogens is 1. The van der Waals surface area contributed by atoms with Crippen molar-refractivity contribution in [3.05, 3.63) is 82.6 Å². The molecule has 0 aliphatic rings. The van der Waals surface area contributed by atoms with Crippen molar-refractivity contribution in [1.29, 1.82) is 0 Å².